The van der Waals surface area contributed by atoms with Gasteiger partial charge in [-0.15, -0.1) is 11.3 Å². The molecule has 0 aliphatic rings. The molecule has 0 saturated carbocycles. The van der Waals surface area contributed by atoms with Gasteiger partial charge in [0.2, 0.25) is 0 Å². The number of aromatic nitrogens is 3. The number of aromatic amines is 1. The van der Waals surface area contributed by atoms with E-state index in [1.54, 1.807) is 12.3 Å². The van der Waals surface area contributed by atoms with Crippen molar-refractivity contribution < 1.29 is 9.53 Å². The van der Waals surface area contributed by atoms with Gasteiger partial charge in [0.15, 0.2) is 4.77 Å². The van der Waals surface area contributed by atoms with E-state index in [0.29, 0.717) is 47.9 Å². The number of aryl methyl sites for hydroxylation is 2. The zero-order valence-corrected chi connectivity index (χ0v) is 18.2. The smallest absolute Gasteiger partial charge is 0.296 e. The van der Waals surface area contributed by atoms with Crippen LogP contribution < -0.4 is 16.6 Å². The van der Waals surface area contributed by atoms with E-state index in [0.717, 1.165) is 10.4 Å². The minimum Gasteiger partial charge on any atom is -0.378 e. The Morgan fingerprint density at radius 2 is 2.23 bits per heavy atom. The van der Waals surface area contributed by atoms with Gasteiger partial charge in [-0.25, -0.2) is 9.55 Å². The number of rotatable bonds is 6. The third kappa shape index (κ3) is 4.83. The molecule has 10 heteroatoms. The highest BCUT2D eigenvalue weighted by Gasteiger charge is 2.16. The molecule has 4 N–H and O–H groups in total. The van der Waals surface area contributed by atoms with Crippen LogP contribution in [0.2, 0.25) is 0 Å². The first-order chi connectivity index (χ1) is 14.4. The number of carbonyl (C=O) groups is 1. The first-order valence-electron chi connectivity index (χ1n) is 9.21. The van der Waals surface area contributed by atoms with Crippen molar-refractivity contribution in [2.45, 2.75) is 13.8 Å². The molecular weight excluding hydrogens is 422 g/mol. The van der Waals surface area contributed by atoms with Crippen LogP contribution in [0.1, 0.15) is 16.0 Å². The molecule has 0 saturated heterocycles. The number of thiophene rings is 1. The van der Waals surface area contributed by atoms with E-state index in [4.69, 9.17) is 22.7 Å². The number of ether oxygens (including phenoxy) is 1. The number of carbonyl (C=O) groups excluding carboxylic acids is 1. The molecule has 0 radical (unpaired) electrons. The fourth-order valence-electron chi connectivity index (χ4n) is 2.78. The Labute approximate surface area is 182 Å². The third-order valence-electron chi connectivity index (χ3n) is 4.15. The van der Waals surface area contributed by atoms with E-state index in [1.165, 1.54) is 15.9 Å². The molecular formula is C20H21N5O3S2. The number of fused-ring (bicyclic) bond motifs is 1. The molecule has 3 heterocycles. The lowest BCUT2D eigenvalue weighted by atomic mass is 10.2. The summed E-state index contributed by atoms with van der Waals surface area (Å²) in [5.41, 5.74) is 6.47. The van der Waals surface area contributed by atoms with Crippen molar-refractivity contribution in [2.75, 3.05) is 26.3 Å². The molecule has 8 nitrogen and oxygen atoms in total. The second kappa shape index (κ2) is 9.77. The van der Waals surface area contributed by atoms with Gasteiger partial charge in [-0.1, -0.05) is 5.92 Å². The van der Waals surface area contributed by atoms with Gasteiger partial charge in [-0.3, -0.25) is 9.59 Å². The molecule has 30 heavy (non-hydrogen) atoms. The second-order valence-electron chi connectivity index (χ2n) is 6.41. The summed E-state index contributed by atoms with van der Waals surface area (Å²) in [5, 5.41) is 3.04. The first kappa shape index (κ1) is 21.9. The number of nitrogens with zero attached hydrogens (tertiary/aromatic N) is 2. The predicted octanol–water partition coefficient (Wildman–Crippen LogP) is 1.56. The van der Waals surface area contributed by atoms with Crippen LogP contribution in [0.4, 0.5) is 0 Å². The van der Waals surface area contributed by atoms with E-state index in [-0.39, 0.29) is 10.3 Å². The molecule has 0 unspecified atom stereocenters. The standard InChI is InChI=1S/C20H21N5O3S2/c1-12-5-7-22-15(11-12)25-19(27)17-14(13(2)30-18(17)24-20(25)29)3-4-16(26)23-8-10-28-9-6-21/h5,7,11H,6,8-10,21H2,1-2H3,(H,23,26)(H,24,29). The highest BCUT2D eigenvalue weighted by atomic mass is 32.1. The number of amides is 1. The number of nitrogens with one attached hydrogen (secondary N) is 2. The van der Waals surface area contributed by atoms with Gasteiger partial charge < -0.3 is 20.8 Å². The maximum Gasteiger partial charge on any atom is 0.296 e. The largest absolute Gasteiger partial charge is 0.378 e. The maximum absolute atomic E-state index is 13.3. The van der Waals surface area contributed by atoms with Gasteiger partial charge in [0.25, 0.3) is 11.5 Å². The van der Waals surface area contributed by atoms with Crippen LogP contribution >= 0.6 is 23.6 Å². The van der Waals surface area contributed by atoms with E-state index < -0.39 is 5.91 Å². The molecule has 0 fully saturated rings. The summed E-state index contributed by atoms with van der Waals surface area (Å²) in [6, 6.07) is 3.62. The van der Waals surface area contributed by atoms with E-state index in [9.17, 15) is 9.59 Å². The Morgan fingerprint density at radius 3 is 2.97 bits per heavy atom. The highest BCUT2D eigenvalue weighted by molar-refractivity contribution is 7.71. The van der Waals surface area contributed by atoms with Crippen molar-refractivity contribution in [3.63, 3.8) is 0 Å². The fraction of sp³-hybridized carbons (Fsp3) is 0.300. The number of nitrogens with two attached hydrogens (primary N) is 1. The highest BCUT2D eigenvalue weighted by Crippen LogP contribution is 2.26. The van der Waals surface area contributed by atoms with Crippen LogP contribution in [0, 0.1) is 30.5 Å². The second-order valence-corrected chi connectivity index (χ2v) is 8.02. The lowest BCUT2D eigenvalue weighted by Gasteiger charge is -2.06. The minimum absolute atomic E-state index is 0.251. The average molecular weight is 444 g/mol. The predicted molar refractivity (Wildman–Crippen MR) is 120 cm³/mol. The molecule has 3 aromatic heterocycles. The lowest BCUT2D eigenvalue weighted by Crippen LogP contribution is -2.26. The maximum atomic E-state index is 13.3. The van der Waals surface area contributed by atoms with E-state index in [2.05, 4.69) is 27.1 Å². The van der Waals surface area contributed by atoms with Crippen LogP contribution in [-0.2, 0) is 9.53 Å². The zero-order valence-electron chi connectivity index (χ0n) is 16.6. The van der Waals surface area contributed by atoms with E-state index >= 15 is 0 Å². The van der Waals surface area contributed by atoms with Crippen molar-refractivity contribution >= 4 is 39.7 Å². The Hall–Kier alpha value is -2.84. The van der Waals surface area contributed by atoms with Crippen LogP contribution in [-0.4, -0.2) is 46.7 Å². The summed E-state index contributed by atoms with van der Waals surface area (Å²) in [7, 11) is 0. The van der Waals surface area contributed by atoms with Crippen molar-refractivity contribution in [1.82, 2.24) is 19.9 Å². The minimum atomic E-state index is -0.449. The van der Waals surface area contributed by atoms with Crippen molar-refractivity contribution in [2.24, 2.45) is 5.73 Å². The molecule has 1 amide bonds. The molecule has 0 aliphatic heterocycles. The Bertz CT molecular complexity index is 1260. The average Bonchev–Trinajstić information content (AvgIpc) is 3.01. The molecule has 0 aliphatic carbocycles. The Morgan fingerprint density at radius 1 is 1.43 bits per heavy atom. The number of H-pyrrole nitrogens is 1. The molecule has 0 spiro atoms. The van der Waals surface area contributed by atoms with Crippen LogP contribution in [0.3, 0.4) is 0 Å². The van der Waals surface area contributed by atoms with Gasteiger partial charge in [0, 0.05) is 30.1 Å². The molecule has 3 rings (SSSR count). The SMILES string of the molecule is Cc1ccnc(-n2c(=S)[nH]c3sc(C)c(C#CC(=O)NCCOCCN)c3c2=O)c1. The quantitative estimate of drug-likeness (QED) is 0.303. The number of hydrogen-bond acceptors (Lipinski definition) is 7. The van der Waals surface area contributed by atoms with Gasteiger partial charge >= 0.3 is 0 Å². The normalized spacial score (nSPS) is 10.6. The van der Waals surface area contributed by atoms with Gasteiger partial charge in [0.1, 0.15) is 10.6 Å². The summed E-state index contributed by atoms with van der Waals surface area (Å²) in [4.78, 5) is 34.0. The summed E-state index contributed by atoms with van der Waals surface area (Å²) in [6.45, 7) is 5.30. The summed E-state index contributed by atoms with van der Waals surface area (Å²) in [5.74, 6) is 5.36. The van der Waals surface area contributed by atoms with Crippen LogP contribution in [0.15, 0.2) is 23.1 Å². The molecule has 3 aromatic rings. The zero-order chi connectivity index (χ0) is 21.7. The molecule has 156 valence electrons. The number of pyridine rings is 1. The fourth-order valence-corrected chi connectivity index (χ4v) is 4.12. The van der Waals surface area contributed by atoms with Gasteiger partial charge in [-0.05, 0) is 43.8 Å². The monoisotopic (exact) mass is 443 g/mol. The molecule has 0 atom stereocenters. The Balaban J connectivity index is 1.97. The van der Waals surface area contributed by atoms with Crippen molar-refractivity contribution in [3.05, 3.63) is 49.5 Å². The summed E-state index contributed by atoms with van der Waals surface area (Å²) < 4.78 is 6.80. The molecule has 0 aromatic carbocycles. The third-order valence-corrected chi connectivity index (χ3v) is 5.46. The lowest BCUT2D eigenvalue weighted by molar-refractivity contribution is -0.115. The van der Waals surface area contributed by atoms with Crippen molar-refractivity contribution in [3.8, 4) is 17.7 Å². The van der Waals surface area contributed by atoms with Gasteiger partial charge in [0.05, 0.1) is 24.2 Å². The first-order valence-corrected chi connectivity index (χ1v) is 10.4. The van der Waals surface area contributed by atoms with E-state index in [1.807, 2.05) is 19.9 Å². The molecule has 0 bridgehead atoms. The van der Waals surface area contributed by atoms with Crippen molar-refractivity contribution in [1.29, 1.82) is 0 Å². The summed E-state index contributed by atoms with van der Waals surface area (Å²) in [6.07, 6.45) is 1.62. The number of hydrogen-bond donors (Lipinski definition) is 3. The van der Waals surface area contributed by atoms with Gasteiger partial charge in [-0.2, -0.15) is 0 Å². The Kier molecular flexibility index (Phi) is 7.12. The van der Waals surface area contributed by atoms with Crippen LogP contribution in [0.5, 0.6) is 0 Å². The topological polar surface area (TPSA) is 115 Å². The summed E-state index contributed by atoms with van der Waals surface area (Å²) >= 11 is 6.75. The van der Waals surface area contributed by atoms with Crippen LogP contribution in [0.25, 0.3) is 16.0 Å².